The molecular weight excluding hydrogens is 310 g/mol. The monoisotopic (exact) mass is 335 g/mol. The van der Waals surface area contributed by atoms with Crippen LogP contribution < -0.4 is 5.73 Å². The van der Waals surface area contributed by atoms with Gasteiger partial charge in [-0.15, -0.1) is 12.4 Å². The normalized spacial score (nSPS) is 34.0. The number of anilines is 1. The number of rotatable bonds is 3. The number of aromatic nitrogens is 1. The molecule has 0 atom stereocenters. The van der Waals surface area contributed by atoms with Crippen LogP contribution in [0.15, 0.2) is 18.2 Å². The molecule has 0 aliphatic heterocycles. The lowest BCUT2D eigenvalue weighted by Crippen LogP contribution is -2.51. The van der Waals surface area contributed by atoms with Gasteiger partial charge in [0.2, 0.25) is 0 Å². The lowest BCUT2D eigenvalue weighted by Gasteiger charge is -2.57. The SMILES string of the molecule is CN(CC12CC3CC(CC(C3)C1)C2)C(=O)c1cccc(N)n1.Cl. The predicted molar refractivity (Wildman–Crippen MR) is 93.5 cm³/mol. The van der Waals surface area contributed by atoms with Crippen LogP contribution in [0, 0.1) is 23.2 Å². The van der Waals surface area contributed by atoms with Crippen LogP contribution in [0.2, 0.25) is 0 Å². The number of carbonyl (C=O) groups excluding carboxylic acids is 1. The largest absolute Gasteiger partial charge is 0.384 e. The van der Waals surface area contributed by atoms with Crippen LogP contribution in [0.3, 0.4) is 0 Å². The van der Waals surface area contributed by atoms with Crippen molar-refractivity contribution in [3.63, 3.8) is 0 Å². The van der Waals surface area contributed by atoms with Gasteiger partial charge in [-0.2, -0.15) is 0 Å². The van der Waals surface area contributed by atoms with Crippen molar-refractivity contribution in [3.8, 4) is 0 Å². The second-order valence-corrected chi connectivity index (χ2v) is 8.03. The highest BCUT2D eigenvalue weighted by atomic mass is 35.5. The molecule has 4 saturated carbocycles. The van der Waals surface area contributed by atoms with Gasteiger partial charge < -0.3 is 10.6 Å². The summed E-state index contributed by atoms with van der Waals surface area (Å²) in [6.07, 6.45) is 8.28. The summed E-state index contributed by atoms with van der Waals surface area (Å²) in [6, 6.07) is 5.28. The molecule has 1 heterocycles. The van der Waals surface area contributed by atoms with Crippen molar-refractivity contribution in [2.75, 3.05) is 19.3 Å². The maximum atomic E-state index is 12.6. The Morgan fingerprint density at radius 1 is 1.22 bits per heavy atom. The summed E-state index contributed by atoms with van der Waals surface area (Å²) in [5, 5.41) is 0. The molecule has 4 fully saturated rings. The Labute approximate surface area is 144 Å². The molecule has 23 heavy (non-hydrogen) atoms. The number of halogens is 1. The second kappa shape index (κ2) is 5.97. The van der Waals surface area contributed by atoms with Crippen molar-refractivity contribution in [3.05, 3.63) is 23.9 Å². The summed E-state index contributed by atoms with van der Waals surface area (Å²) in [4.78, 5) is 18.7. The first-order valence-electron chi connectivity index (χ1n) is 8.51. The topological polar surface area (TPSA) is 59.2 Å². The molecule has 0 aromatic carbocycles. The quantitative estimate of drug-likeness (QED) is 0.921. The number of nitrogens with two attached hydrogens (primary N) is 1. The third-order valence-electron chi connectivity index (χ3n) is 6.07. The maximum Gasteiger partial charge on any atom is 0.272 e. The number of hydrogen-bond donors (Lipinski definition) is 1. The molecule has 0 spiro atoms. The fraction of sp³-hybridized carbons (Fsp3) is 0.667. The van der Waals surface area contributed by atoms with Crippen molar-refractivity contribution in [2.45, 2.75) is 38.5 Å². The van der Waals surface area contributed by atoms with Crippen LogP contribution in [0.1, 0.15) is 49.0 Å². The minimum atomic E-state index is 0. The van der Waals surface area contributed by atoms with Crippen LogP contribution in [0.4, 0.5) is 5.82 Å². The molecule has 0 saturated heterocycles. The standard InChI is InChI=1S/C18H25N3O.ClH/c1-21(17(22)15-3-2-4-16(19)20-15)11-18-8-12-5-13(9-18)7-14(6-12)10-18;/h2-4,12-14H,5-11H2,1H3,(H2,19,20);1H. The van der Waals surface area contributed by atoms with Gasteiger partial charge in [0, 0.05) is 13.6 Å². The number of nitrogen functional groups attached to an aromatic ring is 1. The van der Waals surface area contributed by atoms with Crippen molar-refractivity contribution in [2.24, 2.45) is 23.2 Å². The molecule has 2 N–H and O–H groups in total. The van der Waals surface area contributed by atoms with E-state index in [0.29, 0.717) is 16.9 Å². The average molecular weight is 336 g/mol. The third-order valence-corrected chi connectivity index (χ3v) is 6.07. The lowest BCUT2D eigenvalue weighted by atomic mass is 9.49. The zero-order valence-corrected chi connectivity index (χ0v) is 14.5. The smallest absolute Gasteiger partial charge is 0.272 e. The van der Waals surface area contributed by atoms with Crippen molar-refractivity contribution in [1.29, 1.82) is 0 Å². The van der Waals surface area contributed by atoms with Crippen LogP contribution in [-0.4, -0.2) is 29.4 Å². The van der Waals surface area contributed by atoms with Crippen molar-refractivity contribution in [1.82, 2.24) is 9.88 Å². The van der Waals surface area contributed by atoms with E-state index in [1.807, 2.05) is 11.9 Å². The molecule has 4 nitrogen and oxygen atoms in total. The Morgan fingerprint density at radius 3 is 2.30 bits per heavy atom. The summed E-state index contributed by atoms with van der Waals surface area (Å²) in [7, 11) is 1.92. The molecule has 4 aliphatic carbocycles. The van der Waals surface area contributed by atoms with E-state index in [2.05, 4.69) is 4.98 Å². The van der Waals surface area contributed by atoms with Gasteiger partial charge in [0.15, 0.2) is 0 Å². The van der Waals surface area contributed by atoms with Gasteiger partial charge in [-0.3, -0.25) is 4.79 Å². The Kier molecular flexibility index (Phi) is 4.30. The van der Waals surface area contributed by atoms with E-state index < -0.39 is 0 Å². The molecular formula is C18H26ClN3O. The Morgan fingerprint density at radius 2 is 1.78 bits per heavy atom. The predicted octanol–water partition coefficient (Wildman–Crippen LogP) is 3.37. The summed E-state index contributed by atoms with van der Waals surface area (Å²) in [6.45, 7) is 0.881. The molecule has 0 unspecified atom stereocenters. The van der Waals surface area contributed by atoms with Gasteiger partial charge in [-0.1, -0.05) is 6.07 Å². The molecule has 1 aromatic heterocycles. The fourth-order valence-electron chi connectivity index (χ4n) is 5.82. The van der Waals surface area contributed by atoms with E-state index >= 15 is 0 Å². The number of amides is 1. The lowest BCUT2D eigenvalue weighted by molar-refractivity contribution is -0.0629. The molecule has 126 valence electrons. The van der Waals surface area contributed by atoms with E-state index in [4.69, 9.17) is 5.73 Å². The number of carbonyl (C=O) groups is 1. The summed E-state index contributed by atoms with van der Waals surface area (Å²) < 4.78 is 0. The first-order valence-corrected chi connectivity index (χ1v) is 8.51. The van der Waals surface area contributed by atoms with E-state index in [9.17, 15) is 4.79 Å². The Bertz CT molecular complexity index is 568. The van der Waals surface area contributed by atoms with Gasteiger partial charge in [0.1, 0.15) is 11.5 Å². The highest BCUT2D eigenvalue weighted by molar-refractivity contribution is 5.92. The van der Waals surface area contributed by atoms with E-state index in [-0.39, 0.29) is 18.3 Å². The van der Waals surface area contributed by atoms with E-state index in [1.165, 1.54) is 38.5 Å². The molecule has 0 radical (unpaired) electrons. The number of hydrogen-bond acceptors (Lipinski definition) is 3. The number of nitrogens with zero attached hydrogens (tertiary/aromatic N) is 2. The fourth-order valence-corrected chi connectivity index (χ4v) is 5.82. The van der Waals surface area contributed by atoms with Crippen LogP contribution in [-0.2, 0) is 0 Å². The van der Waals surface area contributed by atoms with Gasteiger partial charge in [-0.25, -0.2) is 4.98 Å². The Balaban J connectivity index is 0.00000156. The molecule has 1 aromatic rings. The first kappa shape index (κ1) is 16.6. The summed E-state index contributed by atoms with van der Waals surface area (Å²) in [5.41, 5.74) is 6.54. The Hall–Kier alpha value is -1.29. The zero-order valence-electron chi connectivity index (χ0n) is 13.7. The van der Waals surface area contributed by atoms with Gasteiger partial charge in [0.25, 0.3) is 5.91 Å². The zero-order chi connectivity index (χ0) is 15.3. The minimum absolute atomic E-state index is 0. The van der Waals surface area contributed by atoms with Crippen molar-refractivity contribution < 1.29 is 4.79 Å². The number of pyridine rings is 1. The molecule has 5 heteroatoms. The molecule has 4 bridgehead atoms. The van der Waals surface area contributed by atoms with Gasteiger partial charge in [0.05, 0.1) is 0 Å². The molecule has 5 rings (SSSR count). The van der Waals surface area contributed by atoms with Gasteiger partial charge in [-0.05, 0) is 73.8 Å². The first-order chi connectivity index (χ1) is 10.5. The van der Waals surface area contributed by atoms with Crippen LogP contribution >= 0.6 is 12.4 Å². The molecule has 1 amide bonds. The highest BCUT2D eigenvalue weighted by Crippen LogP contribution is 2.60. The summed E-state index contributed by atoms with van der Waals surface area (Å²) in [5.74, 6) is 3.16. The van der Waals surface area contributed by atoms with Gasteiger partial charge >= 0.3 is 0 Å². The van der Waals surface area contributed by atoms with E-state index in [0.717, 1.165) is 24.3 Å². The second-order valence-electron chi connectivity index (χ2n) is 8.03. The maximum absolute atomic E-state index is 12.6. The minimum Gasteiger partial charge on any atom is -0.384 e. The third kappa shape index (κ3) is 3.06. The van der Waals surface area contributed by atoms with Crippen LogP contribution in [0.5, 0.6) is 0 Å². The average Bonchev–Trinajstić information content (AvgIpc) is 2.44. The summed E-state index contributed by atoms with van der Waals surface area (Å²) >= 11 is 0. The highest BCUT2D eigenvalue weighted by Gasteiger charge is 2.51. The molecule has 4 aliphatic rings. The van der Waals surface area contributed by atoms with Crippen LogP contribution in [0.25, 0.3) is 0 Å². The van der Waals surface area contributed by atoms with E-state index in [1.54, 1.807) is 18.2 Å². The van der Waals surface area contributed by atoms with Crippen molar-refractivity contribution >= 4 is 24.1 Å².